The van der Waals surface area contributed by atoms with Gasteiger partial charge >= 0.3 is 0 Å². The molecule has 0 bridgehead atoms. The number of thioether (sulfide) groups is 1. The normalized spacial score (nSPS) is 18.5. The summed E-state index contributed by atoms with van der Waals surface area (Å²) >= 11 is 1.80. The van der Waals surface area contributed by atoms with Gasteiger partial charge in [-0.05, 0) is 56.9 Å². The van der Waals surface area contributed by atoms with Crippen molar-refractivity contribution in [1.82, 2.24) is 10.2 Å². The molecule has 1 aliphatic rings. The maximum atomic E-state index is 3.37. The van der Waals surface area contributed by atoms with Gasteiger partial charge in [0.2, 0.25) is 0 Å². The van der Waals surface area contributed by atoms with Gasteiger partial charge in [0, 0.05) is 17.5 Å². The molecule has 3 heteroatoms. The molecule has 0 radical (unpaired) electrons. The van der Waals surface area contributed by atoms with E-state index in [1.807, 2.05) is 0 Å². The molecule has 1 aliphatic heterocycles. The first-order valence-electron chi connectivity index (χ1n) is 6.34. The number of hydrogen-bond donors (Lipinski definition) is 1. The van der Waals surface area contributed by atoms with Crippen molar-refractivity contribution in [3.05, 3.63) is 29.8 Å². The third kappa shape index (κ3) is 3.73. The van der Waals surface area contributed by atoms with Crippen molar-refractivity contribution in [2.24, 2.45) is 0 Å². The Morgan fingerprint density at radius 1 is 1.24 bits per heavy atom. The molecule has 1 saturated heterocycles. The van der Waals surface area contributed by atoms with E-state index in [2.05, 4.69) is 47.8 Å². The van der Waals surface area contributed by atoms with Gasteiger partial charge in [0.05, 0.1) is 0 Å². The second-order valence-electron chi connectivity index (χ2n) is 4.69. The Bertz CT molecular complexity index is 329. The molecule has 0 spiro atoms. The van der Waals surface area contributed by atoms with Gasteiger partial charge in [-0.25, -0.2) is 0 Å². The quantitative estimate of drug-likeness (QED) is 0.827. The Kier molecular flexibility index (Phi) is 4.89. The summed E-state index contributed by atoms with van der Waals surface area (Å²) in [5, 5.41) is 3.37. The Labute approximate surface area is 109 Å². The van der Waals surface area contributed by atoms with E-state index in [0.717, 1.165) is 12.6 Å². The summed E-state index contributed by atoms with van der Waals surface area (Å²) in [6, 6.07) is 9.69. The number of nitrogens with one attached hydrogen (secondary N) is 1. The molecule has 1 fully saturated rings. The van der Waals surface area contributed by atoms with E-state index in [1.54, 1.807) is 11.8 Å². The van der Waals surface area contributed by atoms with Crippen LogP contribution in [0.15, 0.2) is 29.2 Å². The fourth-order valence-corrected chi connectivity index (χ4v) is 2.78. The standard InChI is InChI=1S/C14H22N2S/c1-15-13-7-9-16(10-8-13)11-12-3-5-14(17-2)6-4-12/h3-6,13,15H,7-11H2,1-2H3. The van der Waals surface area contributed by atoms with Gasteiger partial charge in [-0.1, -0.05) is 12.1 Å². The number of nitrogens with zero attached hydrogens (tertiary/aromatic N) is 1. The van der Waals surface area contributed by atoms with Crippen LogP contribution < -0.4 is 5.32 Å². The summed E-state index contributed by atoms with van der Waals surface area (Å²) in [5.41, 5.74) is 1.44. The average molecular weight is 250 g/mol. The van der Waals surface area contributed by atoms with Crippen molar-refractivity contribution in [2.45, 2.75) is 30.3 Å². The van der Waals surface area contributed by atoms with Crippen molar-refractivity contribution in [3.8, 4) is 0 Å². The molecule has 0 aliphatic carbocycles. The molecule has 0 amide bonds. The molecule has 1 N–H and O–H groups in total. The van der Waals surface area contributed by atoms with Gasteiger partial charge in [0.1, 0.15) is 0 Å². The fraction of sp³-hybridized carbons (Fsp3) is 0.571. The first-order chi connectivity index (χ1) is 8.31. The zero-order valence-corrected chi connectivity index (χ0v) is 11.6. The molecule has 0 aromatic heterocycles. The number of rotatable bonds is 4. The van der Waals surface area contributed by atoms with Crippen molar-refractivity contribution < 1.29 is 0 Å². The van der Waals surface area contributed by atoms with Gasteiger partial charge in [-0.2, -0.15) is 0 Å². The number of piperidine rings is 1. The highest BCUT2D eigenvalue weighted by Crippen LogP contribution is 2.17. The van der Waals surface area contributed by atoms with Gasteiger partial charge in [0.15, 0.2) is 0 Å². The number of likely N-dealkylation sites (tertiary alicyclic amines) is 1. The lowest BCUT2D eigenvalue weighted by Crippen LogP contribution is -2.40. The molecule has 1 aromatic carbocycles. The smallest absolute Gasteiger partial charge is 0.0233 e. The lowest BCUT2D eigenvalue weighted by molar-refractivity contribution is 0.194. The van der Waals surface area contributed by atoms with Crippen molar-refractivity contribution in [2.75, 3.05) is 26.4 Å². The third-order valence-electron chi connectivity index (χ3n) is 3.56. The van der Waals surface area contributed by atoms with Crippen LogP contribution in [0.25, 0.3) is 0 Å². The van der Waals surface area contributed by atoms with Crippen LogP contribution in [0.5, 0.6) is 0 Å². The van der Waals surface area contributed by atoms with Gasteiger partial charge in [-0.15, -0.1) is 11.8 Å². The second kappa shape index (κ2) is 6.43. The monoisotopic (exact) mass is 250 g/mol. The molecule has 0 saturated carbocycles. The largest absolute Gasteiger partial charge is 0.317 e. The molecule has 0 unspecified atom stereocenters. The van der Waals surface area contributed by atoms with Crippen LogP contribution in [0.1, 0.15) is 18.4 Å². The summed E-state index contributed by atoms with van der Waals surface area (Å²) in [6.07, 6.45) is 4.68. The highest BCUT2D eigenvalue weighted by molar-refractivity contribution is 7.98. The lowest BCUT2D eigenvalue weighted by atomic mass is 10.0. The lowest BCUT2D eigenvalue weighted by Gasteiger charge is -2.31. The summed E-state index contributed by atoms with van der Waals surface area (Å²) in [6.45, 7) is 3.54. The van der Waals surface area contributed by atoms with Crippen molar-refractivity contribution in [1.29, 1.82) is 0 Å². The zero-order valence-electron chi connectivity index (χ0n) is 10.8. The molecule has 94 valence electrons. The highest BCUT2D eigenvalue weighted by Gasteiger charge is 2.17. The van der Waals surface area contributed by atoms with E-state index >= 15 is 0 Å². The number of hydrogen-bond acceptors (Lipinski definition) is 3. The summed E-state index contributed by atoms with van der Waals surface area (Å²) in [5.74, 6) is 0. The molecule has 2 rings (SSSR count). The van der Waals surface area contributed by atoms with Crippen LogP contribution in [-0.4, -0.2) is 37.3 Å². The second-order valence-corrected chi connectivity index (χ2v) is 5.57. The molecule has 1 aromatic rings. The average Bonchev–Trinajstić information content (AvgIpc) is 2.40. The van der Waals surface area contributed by atoms with Crippen molar-refractivity contribution in [3.63, 3.8) is 0 Å². The van der Waals surface area contributed by atoms with Crippen LogP contribution in [0.4, 0.5) is 0 Å². The van der Waals surface area contributed by atoms with E-state index in [1.165, 1.54) is 36.4 Å². The van der Waals surface area contributed by atoms with E-state index in [4.69, 9.17) is 0 Å². The first kappa shape index (κ1) is 12.9. The van der Waals surface area contributed by atoms with Crippen LogP contribution in [0.3, 0.4) is 0 Å². The molecule has 17 heavy (non-hydrogen) atoms. The van der Waals surface area contributed by atoms with E-state index in [-0.39, 0.29) is 0 Å². The Morgan fingerprint density at radius 3 is 2.41 bits per heavy atom. The Hall–Kier alpha value is -0.510. The minimum atomic E-state index is 0.727. The van der Waals surface area contributed by atoms with Crippen LogP contribution in [-0.2, 0) is 6.54 Å². The third-order valence-corrected chi connectivity index (χ3v) is 4.30. The van der Waals surface area contributed by atoms with Crippen molar-refractivity contribution >= 4 is 11.8 Å². The van der Waals surface area contributed by atoms with Crippen LogP contribution in [0, 0.1) is 0 Å². The topological polar surface area (TPSA) is 15.3 Å². The Morgan fingerprint density at radius 2 is 1.88 bits per heavy atom. The summed E-state index contributed by atoms with van der Waals surface area (Å²) < 4.78 is 0. The number of benzene rings is 1. The molecular formula is C14H22N2S. The summed E-state index contributed by atoms with van der Waals surface area (Å²) in [4.78, 5) is 3.91. The van der Waals surface area contributed by atoms with Crippen LogP contribution in [0.2, 0.25) is 0 Å². The first-order valence-corrected chi connectivity index (χ1v) is 7.57. The predicted molar refractivity (Wildman–Crippen MR) is 75.6 cm³/mol. The maximum Gasteiger partial charge on any atom is 0.0233 e. The van der Waals surface area contributed by atoms with Gasteiger partial charge in [-0.3, -0.25) is 4.90 Å². The predicted octanol–water partition coefficient (Wildman–Crippen LogP) is 2.59. The van der Waals surface area contributed by atoms with Crippen LogP contribution >= 0.6 is 11.8 Å². The SMILES string of the molecule is CNC1CCN(Cc2ccc(SC)cc2)CC1. The van der Waals surface area contributed by atoms with E-state index in [0.29, 0.717) is 0 Å². The molecule has 2 nitrogen and oxygen atoms in total. The van der Waals surface area contributed by atoms with Gasteiger partial charge in [0.25, 0.3) is 0 Å². The molecular weight excluding hydrogens is 228 g/mol. The van der Waals surface area contributed by atoms with E-state index in [9.17, 15) is 0 Å². The van der Waals surface area contributed by atoms with Gasteiger partial charge < -0.3 is 5.32 Å². The fourth-order valence-electron chi connectivity index (χ4n) is 2.37. The molecule has 1 heterocycles. The molecule has 0 atom stereocenters. The summed E-state index contributed by atoms with van der Waals surface area (Å²) in [7, 11) is 2.07. The van der Waals surface area contributed by atoms with E-state index < -0.39 is 0 Å². The minimum Gasteiger partial charge on any atom is -0.317 e. The minimum absolute atomic E-state index is 0.727. The Balaban J connectivity index is 1.84. The maximum absolute atomic E-state index is 3.37. The zero-order chi connectivity index (χ0) is 12.1. The highest BCUT2D eigenvalue weighted by atomic mass is 32.2.